The highest BCUT2D eigenvalue weighted by Crippen LogP contribution is 2.40. The Balaban J connectivity index is 2.01. The molecule has 1 saturated carbocycles. The van der Waals surface area contributed by atoms with Gasteiger partial charge in [0.25, 0.3) is 0 Å². The molecule has 3 rings (SSSR count). The molecule has 0 spiro atoms. The standard InChI is InChI=1S/C16H20Cl2N2S/c1-2-21-12-7-6-11(10-12)20-15(8-9-17)19-14-5-3-4-13(18)16(14)20/h3-5,11-12H,2,6-10H2,1H3. The smallest absolute Gasteiger partial charge is 0.111 e. The highest BCUT2D eigenvalue weighted by atomic mass is 35.5. The second-order valence-corrected chi connectivity index (χ2v) is 7.85. The largest absolute Gasteiger partial charge is 0.324 e. The van der Waals surface area contributed by atoms with E-state index in [4.69, 9.17) is 28.2 Å². The Morgan fingerprint density at radius 3 is 3.00 bits per heavy atom. The van der Waals surface area contributed by atoms with Crippen molar-refractivity contribution in [1.29, 1.82) is 0 Å². The Bertz CT molecular complexity index is 626. The molecule has 1 aliphatic carbocycles. The minimum absolute atomic E-state index is 0.511. The SMILES string of the molecule is CCSC1CCC(n2c(CCCl)nc3cccc(Cl)c32)C1. The number of alkyl halides is 1. The lowest BCUT2D eigenvalue weighted by Gasteiger charge is -2.17. The number of fused-ring (bicyclic) bond motifs is 1. The van der Waals surface area contributed by atoms with Crippen molar-refractivity contribution in [3.63, 3.8) is 0 Å². The van der Waals surface area contributed by atoms with E-state index in [9.17, 15) is 0 Å². The predicted octanol–water partition coefficient (Wildman–Crippen LogP) is 5.32. The number of nitrogens with zero attached hydrogens (tertiary/aromatic N) is 2. The second kappa shape index (κ2) is 6.80. The van der Waals surface area contributed by atoms with Gasteiger partial charge in [0.15, 0.2) is 0 Å². The molecule has 1 heterocycles. The summed E-state index contributed by atoms with van der Waals surface area (Å²) >= 11 is 14.5. The predicted molar refractivity (Wildman–Crippen MR) is 94.0 cm³/mol. The molecule has 1 aromatic carbocycles. The van der Waals surface area contributed by atoms with Crippen molar-refractivity contribution in [3.05, 3.63) is 29.0 Å². The molecule has 0 aliphatic heterocycles. The van der Waals surface area contributed by atoms with Crippen molar-refractivity contribution >= 4 is 46.0 Å². The van der Waals surface area contributed by atoms with E-state index >= 15 is 0 Å². The van der Waals surface area contributed by atoms with Crippen LogP contribution in [-0.4, -0.2) is 26.4 Å². The van der Waals surface area contributed by atoms with Crippen LogP contribution in [0.2, 0.25) is 5.02 Å². The van der Waals surface area contributed by atoms with Gasteiger partial charge in [0.2, 0.25) is 0 Å². The van der Waals surface area contributed by atoms with Gasteiger partial charge in [-0.2, -0.15) is 11.8 Å². The van der Waals surface area contributed by atoms with E-state index < -0.39 is 0 Å². The Morgan fingerprint density at radius 1 is 1.38 bits per heavy atom. The van der Waals surface area contributed by atoms with Crippen molar-refractivity contribution in [2.75, 3.05) is 11.6 Å². The molecule has 2 aromatic rings. The Kier molecular flexibility index (Phi) is 5.03. The van der Waals surface area contributed by atoms with Gasteiger partial charge in [-0.25, -0.2) is 4.98 Å². The van der Waals surface area contributed by atoms with Gasteiger partial charge in [-0.15, -0.1) is 11.6 Å². The van der Waals surface area contributed by atoms with Gasteiger partial charge in [0, 0.05) is 23.6 Å². The van der Waals surface area contributed by atoms with Gasteiger partial charge < -0.3 is 4.57 Å². The van der Waals surface area contributed by atoms with Gasteiger partial charge in [0.05, 0.1) is 16.1 Å². The van der Waals surface area contributed by atoms with Crippen molar-refractivity contribution < 1.29 is 0 Å². The Labute approximate surface area is 140 Å². The number of para-hydroxylation sites is 1. The molecule has 5 heteroatoms. The van der Waals surface area contributed by atoms with Gasteiger partial charge in [-0.3, -0.25) is 0 Å². The van der Waals surface area contributed by atoms with E-state index in [2.05, 4.69) is 23.3 Å². The van der Waals surface area contributed by atoms with Crippen molar-refractivity contribution in [3.8, 4) is 0 Å². The molecule has 1 fully saturated rings. The first-order valence-corrected chi connectivity index (χ1v) is 9.53. The minimum atomic E-state index is 0.511. The molecule has 1 aromatic heterocycles. The van der Waals surface area contributed by atoms with Crippen LogP contribution < -0.4 is 0 Å². The third-order valence-electron chi connectivity index (χ3n) is 4.18. The van der Waals surface area contributed by atoms with Gasteiger partial charge in [-0.05, 0) is 37.1 Å². The van der Waals surface area contributed by atoms with Crippen LogP contribution >= 0.6 is 35.0 Å². The number of imidazole rings is 1. The van der Waals surface area contributed by atoms with Crippen molar-refractivity contribution in [2.24, 2.45) is 0 Å². The summed E-state index contributed by atoms with van der Waals surface area (Å²) in [5.74, 6) is 2.87. The topological polar surface area (TPSA) is 17.8 Å². The van der Waals surface area contributed by atoms with Gasteiger partial charge >= 0.3 is 0 Å². The monoisotopic (exact) mass is 342 g/mol. The summed E-state index contributed by atoms with van der Waals surface area (Å²) in [6, 6.07) is 6.48. The fraction of sp³-hybridized carbons (Fsp3) is 0.562. The molecule has 114 valence electrons. The first-order valence-electron chi connectivity index (χ1n) is 7.57. The first kappa shape index (κ1) is 15.5. The maximum atomic E-state index is 6.45. The van der Waals surface area contributed by atoms with Crippen molar-refractivity contribution in [2.45, 2.75) is 43.9 Å². The van der Waals surface area contributed by atoms with Crippen LogP contribution in [0.3, 0.4) is 0 Å². The number of benzene rings is 1. The summed E-state index contributed by atoms with van der Waals surface area (Å²) in [6.45, 7) is 2.24. The molecule has 2 unspecified atom stereocenters. The van der Waals surface area contributed by atoms with Crippen LogP contribution in [0.4, 0.5) is 0 Å². The lowest BCUT2D eigenvalue weighted by Crippen LogP contribution is -2.11. The average Bonchev–Trinajstić information content (AvgIpc) is 3.04. The lowest BCUT2D eigenvalue weighted by atomic mass is 10.2. The maximum absolute atomic E-state index is 6.45. The highest BCUT2D eigenvalue weighted by Gasteiger charge is 2.29. The van der Waals surface area contributed by atoms with Crippen LogP contribution in [0, 0.1) is 0 Å². The first-order chi connectivity index (χ1) is 10.2. The number of thioether (sulfide) groups is 1. The van der Waals surface area contributed by atoms with E-state index in [1.807, 2.05) is 18.2 Å². The van der Waals surface area contributed by atoms with E-state index in [-0.39, 0.29) is 0 Å². The molecule has 1 aliphatic rings. The van der Waals surface area contributed by atoms with Crippen LogP contribution in [0.15, 0.2) is 18.2 Å². The minimum Gasteiger partial charge on any atom is -0.324 e. The molecule has 0 amide bonds. The summed E-state index contributed by atoms with van der Waals surface area (Å²) in [5, 5.41) is 1.57. The summed E-state index contributed by atoms with van der Waals surface area (Å²) in [5.41, 5.74) is 2.08. The van der Waals surface area contributed by atoms with Crippen LogP contribution in [0.25, 0.3) is 11.0 Å². The lowest BCUT2D eigenvalue weighted by molar-refractivity contribution is 0.514. The zero-order valence-corrected chi connectivity index (χ0v) is 14.5. The summed E-state index contributed by atoms with van der Waals surface area (Å²) in [4.78, 5) is 4.77. The Morgan fingerprint density at radius 2 is 2.24 bits per heavy atom. The van der Waals surface area contributed by atoms with Crippen molar-refractivity contribution in [1.82, 2.24) is 9.55 Å². The van der Waals surface area contributed by atoms with Crippen LogP contribution in [-0.2, 0) is 6.42 Å². The molecule has 21 heavy (non-hydrogen) atoms. The number of rotatable bonds is 5. The third kappa shape index (κ3) is 3.06. The highest BCUT2D eigenvalue weighted by molar-refractivity contribution is 7.99. The molecular formula is C16H20Cl2N2S. The van der Waals surface area contributed by atoms with E-state index in [0.717, 1.165) is 33.6 Å². The number of halogens is 2. The zero-order chi connectivity index (χ0) is 14.8. The number of hydrogen-bond acceptors (Lipinski definition) is 2. The second-order valence-electron chi connectivity index (χ2n) is 5.49. The normalized spacial score (nSPS) is 22.2. The third-order valence-corrected chi connectivity index (χ3v) is 5.90. The molecule has 0 saturated heterocycles. The molecule has 0 bridgehead atoms. The quantitative estimate of drug-likeness (QED) is 0.684. The van der Waals surface area contributed by atoms with Gasteiger partial charge in [0.1, 0.15) is 5.82 Å². The number of aryl methyl sites for hydroxylation is 1. The molecule has 0 N–H and O–H groups in total. The van der Waals surface area contributed by atoms with Gasteiger partial charge in [-0.1, -0.05) is 24.6 Å². The van der Waals surface area contributed by atoms with E-state index in [1.54, 1.807) is 0 Å². The Hall–Kier alpha value is -0.380. The summed E-state index contributed by atoms with van der Waals surface area (Å²) in [6.07, 6.45) is 4.51. The molecule has 2 nitrogen and oxygen atoms in total. The van der Waals surface area contributed by atoms with E-state index in [0.29, 0.717) is 11.9 Å². The molecule has 2 atom stereocenters. The average molecular weight is 343 g/mol. The maximum Gasteiger partial charge on any atom is 0.111 e. The van der Waals surface area contributed by atoms with Crippen LogP contribution in [0.1, 0.15) is 38.1 Å². The van der Waals surface area contributed by atoms with E-state index in [1.165, 1.54) is 25.0 Å². The fourth-order valence-corrected chi connectivity index (χ4v) is 4.91. The molecule has 0 radical (unpaired) electrons. The zero-order valence-electron chi connectivity index (χ0n) is 12.2. The molecular weight excluding hydrogens is 323 g/mol. The van der Waals surface area contributed by atoms with Crippen LogP contribution in [0.5, 0.6) is 0 Å². The summed E-state index contributed by atoms with van der Waals surface area (Å²) < 4.78 is 2.37. The number of aromatic nitrogens is 2. The number of hydrogen-bond donors (Lipinski definition) is 0. The fourth-order valence-electron chi connectivity index (χ4n) is 3.35. The summed E-state index contributed by atoms with van der Waals surface area (Å²) in [7, 11) is 0.